The van der Waals surface area contributed by atoms with Gasteiger partial charge in [-0.1, -0.05) is 24.4 Å². The third-order valence-electron chi connectivity index (χ3n) is 3.52. The van der Waals surface area contributed by atoms with Gasteiger partial charge in [-0.25, -0.2) is 0 Å². The van der Waals surface area contributed by atoms with Crippen LogP contribution in [0.4, 0.5) is 8.78 Å². The minimum Gasteiger partial charge on any atom is -0.434 e. The highest BCUT2D eigenvalue weighted by Gasteiger charge is 2.26. The van der Waals surface area contributed by atoms with Crippen molar-refractivity contribution in [1.82, 2.24) is 4.90 Å². The number of likely N-dealkylation sites (tertiary alicyclic amines) is 1. The summed E-state index contributed by atoms with van der Waals surface area (Å²) in [7, 11) is 0. The first-order valence-corrected chi connectivity index (χ1v) is 7.02. The minimum atomic E-state index is -2.96. The number of piperidine rings is 1. The summed E-state index contributed by atoms with van der Waals surface area (Å²) in [5.41, 5.74) is 5.75. The van der Waals surface area contributed by atoms with E-state index in [0.29, 0.717) is 30.9 Å². The molecule has 1 fully saturated rings. The summed E-state index contributed by atoms with van der Waals surface area (Å²) in [4.78, 5) is 14.5. The van der Waals surface area contributed by atoms with Crippen LogP contribution in [-0.4, -0.2) is 35.5 Å². The van der Waals surface area contributed by atoms with Crippen LogP contribution in [0.1, 0.15) is 23.2 Å². The topological polar surface area (TPSA) is 55.6 Å². The Morgan fingerprint density at radius 1 is 1.33 bits per heavy atom. The van der Waals surface area contributed by atoms with Gasteiger partial charge in [-0.15, -0.1) is 0 Å². The molecule has 1 aliphatic heterocycles. The van der Waals surface area contributed by atoms with Crippen LogP contribution in [0.5, 0.6) is 5.75 Å². The highest BCUT2D eigenvalue weighted by molar-refractivity contribution is 7.80. The largest absolute Gasteiger partial charge is 0.434 e. The van der Waals surface area contributed by atoms with Gasteiger partial charge in [-0.05, 0) is 25.0 Å². The molecule has 0 atom stereocenters. The molecule has 1 amide bonds. The van der Waals surface area contributed by atoms with Crippen molar-refractivity contribution < 1.29 is 18.3 Å². The number of alkyl halides is 2. The molecule has 0 saturated carbocycles. The van der Waals surface area contributed by atoms with E-state index < -0.39 is 6.61 Å². The summed E-state index contributed by atoms with van der Waals surface area (Å²) in [5.74, 6) is -0.279. The molecular formula is C14H16F2N2O2S. The molecule has 1 aromatic rings. The summed E-state index contributed by atoms with van der Waals surface area (Å²) in [5, 5.41) is 0. The Kier molecular flexibility index (Phi) is 5.06. The van der Waals surface area contributed by atoms with Gasteiger partial charge < -0.3 is 15.4 Å². The molecule has 0 radical (unpaired) electrons. The van der Waals surface area contributed by atoms with Crippen LogP contribution in [0.25, 0.3) is 0 Å². The number of carbonyl (C=O) groups is 1. The Morgan fingerprint density at radius 2 is 1.95 bits per heavy atom. The maximum Gasteiger partial charge on any atom is 0.387 e. The Balaban J connectivity index is 2.09. The van der Waals surface area contributed by atoms with Crippen molar-refractivity contribution in [2.45, 2.75) is 19.5 Å². The summed E-state index contributed by atoms with van der Waals surface area (Å²) in [6.45, 7) is -1.95. The number of amides is 1. The molecule has 114 valence electrons. The molecular weight excluding hydrogens is 298 g/mol. The average molecular weight is 314 g/mol. The fraction of sp³-hybridized carbons (Fsp3) is 0.429. The average Bonchev–Trinajstić information content (AvgIpc) is 2.46. The van der Waals surface area contributed by atoms with Crippen LogP contribution < -0.4 is 10.5 Å². The number of benzene rings is 1. The second kappa shape index (κ2) is 6.80. The molecule has 0 spiro atoms. The number of ether oxygens (including phenoxy) is 1. The van der Waals surface area contributed by atoms with Gasteiger partial charge in [0.1, 0.15) is 5.75 Å². The van der Waals surface area contributed by atoms with Crippen LogP contribution in [0.15, 0.2) is 24.3 Å². The van der Waals surface area contributed by atoms with Crippen molar-refractivity contribution in [2.24, 2.45) is 11.7 Å². The molecule has 2 N–H and O–H groups in total. The van der Waals surface area contributed by atoms with Crippen LogP contribution >= 0.6 is 12.2 Å². The quantitative estimate of drug-likeness (QED) is 0.867. The molecule has 1 heterocycles. The van der Waals surface area contributed by atoms with Crippen LogP contribution in [0.3, 0.4) is 0 Å². The molecule has 0 bridgehead atoms. The van der Waals surface area contributed by atoms with Gasteiger partial charge in [-0.3, -0.25) is 4.79 Å². The fourth-order valence-corrected chi connectivity index (χ4v) is 2.62. The van der Waals surface area contributed by atoms with Crippen molar-refractivity contribution >= 4 is 23.1 Å². The van der Waals surface area contributed by atoms with Gasteiger partial charge in [0.15, 0.2) is 0 Å². The zero-order valence-corrected chi connectivity index (χ0v) is 12.1. The first kappa shape index (κ1) is 15.6. The number of carbonyl (C=O) groups excluding carboxylic acids is 1. The van der Waals surface area contributed by atoms with E-state index >= 15 is 0 Å². The molecule has 0 unspecified atom stereocenters. The van der Waals surface area contributed by atoms with E-state index in [1.165, 1.54) is 12.1 Å². The summed E-state index contributed by atoms with van der Waals surface area (Å²) < 4.78 is 29.1. The maximum atomic E-state index is 12.4. The van der Waals surface area contributed by atoms with Gasteiger partial charge in [0.25, 0.3) is 5.91 Å². The standard InChI is InChI=1S/C14H16F2N2O2S/c15-14(16)20-11-4-2-1-3-10(11)13(19)18-7-5-9(6-8-18)12(17)21/h1-4,9,14H,5-8H2,(H2,17,21). The third-order valence-corrected chi connectivity index (χ3v) is 3.85. The SMILES string of the molecule is NC(=S)C1CCN(C(=O)c2ccccc2OC(F)F)CC1. The zero-order chi connectivity index (χ0) is 15.4. The molecule has 7 heteroatoms. The number of hydrogen-bond acceptors (Lipinski definition) is 3. The van der Waals surface area contributed by atoms with Crippen molar-refractivity contribution in [2.75, 3.05) is 13.1 Å². The first-order chi connectivity index (χ1) is 9.99. The van der Waals surface area contributed by atoms with E-state index in [1.54, 1.807) is 17.0 Å². The Labute approximate surface area is 126 Å². The molecule has 1 saturated heterocycles. The molecule has 4 nitrogen and oxygen atoms in total. The normalized spacial score (nSPS) is 16.0. The molecule has 2 rings (SSSR count). The van der Waals surface area contributed by atoms with Crippen LogP contribution in [-0.2, 0) is 0 Å². The van der Waals surface area contributed by atoms with Gasteiger partial charge >= 0.3 is 6.61 Å². The maximum absolute atomic E-state index is 12.4. The number of thiocarbonyl (C=S) groups is 1. The third kappa shape index (κ3) is 3.87. The van der Waals surface area contributed by atoms with Gasteiger partial charge in [0.05, 0.1) is 10.6 Å². The Morgan fingerprint density at radius 3 is 2.52 bits per heavy atom. The second-order valence-electron chi connectivity index (χ2n) is 4.84. The lowest BCUT2D eigenvalue weighted by Gasteiger charge is -2.31. The summed E-state index contributed by atoms with van der Waals surface area (Å²) >= 11 is 4.95. The summed E-state index contributed by atoms with van der Waals surface area (Å²) in [6.07, 6.45) is 1.39. The van der Waals surface area contributed by atoms with Gasteiger partial charge in [-0.2, -0.15) is 8.78 Å². The Hall–Kier alpha value is -1.76. The fourth-order valence-electron chi connectivity index (χ4n) is 2.38. The van der Waals surface area contributed by atoms with Gasteiger partial charge in [0.2, 0.25) is 0 Å². The van der Waals surface area contributed by atoms with Gasteiger partial charge in [0, 0.05) is 19.0 Å². The molecule has 0 aliphatic carbocycles. The lowest BCUT2D eigenvalue weighted by Crippen LogP contribution is -2.41. The van der Waals surface area contributed by atoms with Crippen LogP contribution in [0, 0.1) is 5.92 Å². The number of halogens is 2. The predicted molar refractivity (Wildman–Crippen MR) is 78.5 cm³/mol. The zero-order valence-electron chi connectivity index (χ0n) is 11.3. The number of para-hydroxylation sites is 1. The van der Waals surface area contributed by atoms with E-state index in [-0.39, 0.29) is 23.1 Å². The highest BCUT2D eigenvalue weighted by atomic mass is 32.1. The van der Waals surface area contributed by atoms with Crippen LogP contribution in [0.2, 0.25) is 0 Å². The monoisotopic (exact) mass is 314 g/mol. The number of rotatable bonds is 4. The van der Waals surface area contributed by atoms with E-state index in [2.05, 4.69) is 4.74 Å². The first-order valence-electron chi connectivity index (χ1n) is 6.61. The number of nitrogens with two attached hydrogens (primary N) is 1. The summed E-state index contributed by atoms with van der Waals surface area (Å²) in [6, 6.07) is 6.02. The lowest BCUT2D eigenvalue weighted by molar-refractivity contribution is -0.0503. The van der Waals surface area contributed by atoms with Crippen molar-refractivity contribution in [1.29, 1.82) is 0 Å². The van der Waals surface area contributed by atoms with E-state index in [9.17, 15) is 13.6 Å². The molecule has 1 aromatic carbocycles. The molecule has 1 aliphatic rings. The van der Waals surface area contributed by atoms with Crippen molar-refractivity contribution in [3.8, 4) is 5.75 Å². The lowest BCUT2D eigenvalue weighted by atomic mass is 9.96. The second-order valence-corrected chi connectivity index (χ2v) is 5.31. The Bertz CT molecular complexity index is 531. The van der Waals surface area contributed by atoms with Crippen molar-refractivity contribution in [3.63, 3.8) is 0 Å². The number of hydrogen-bond donors (Lipinski definition) is 1. The van der Waals surface area contributed by atoms with E-state index in [0.717, 1.165) is 0 Å². The van der Waals surface area contributed by atoms with Crippen molar-refractivity contribution in [3.05, 3.63) is 29.8 Å². The minimum absolute atomic E-state index is 0.103. The highest BCUT2D eigenvalue weighted by Crippen LogP contribution is 2.25. The van der Waals surface area contributed by atoms with E-state index in [4.69, 9.17) is 18.0 Å². The molecule has 21 heavy (non-hydrogen) atoms. The number of nitrogens with zero attached hydrogens (tertiary/aromatic N) is 1. The smallest absolute Gasteiger partial charge is 0.387 e. The predicted octanol–water partition coefficient (Wildman–Crippen LogP) is 2.43. The van der Waals surface area contributed by atoms with E-state index in [1.807, 2.05) is 0 Å². The molecule has 0 aromatic heterocycles.